The zero-order chi connectivity index (χ0) is 14.8. The maximum atomic E-state index is 12.6. The predicted octanol–water partition coefficient (Wildman–Crippen LogP) is 1.07. The van der Waals surface area contributed by atoms with Gasteiger partial charge in [0.2, 0.25) is 10.0 Å². The summed E-state index contributed by atoms with van der Waals surface area (Å²) in [6, 6.07) is 8.70. The number of sulfonamides is 1. The molecule has 1 aromatic carbocycles. The first-order valence-corrected chi connectivity index (χ1v) is 8.26. The van der Waals surface area contributed by atoms with Crippen LogP contribution in [-0.4, -0.2) is 37.9 Å². The van der Waals surface area contributed by atoms with Gasteiger partial charge in [0.15, 0.2) is 0 Å². The van der Waals surface area contributed by atoms with Crippen molar-refractivity contribution in [2.45, 2.75) is 31.7 Å². The van der Waals surface area contributed by atoms with Crippen LogP contribution in [-0.2, 0) is 15.8 Å². The number of benzene rings is 1. The van der Waals surface area contributed by atoms with Gasteiger partial charge in [-0.05, 0) is 31.5 Å². The van der Waals surface area contributed by atoms with Gasteiger partial charge in [-0.1, -0.05) is 12.1 Å². The molecule has 2 unspecified atom stereocenters. The maximum Gasteiger partial charge on any atom is 0.218 e. The summed E-state index contributed by atoms with van der Waals surface area (Å²) < 4.78 is 26.8. The highest BCUT2D eigenvalue weighted by Gasteiger charge is 2.34. The Morgan fingerprint density at radius 1 is 1.35 bits per heavy atom. The van der Waals surface area contributed by atoms with Crippen molar-refractivity contribution in [1.29, 1.82) is 5.26 Å². The molecule has 1 heterocycles. The number of nitrogens with one attached hydrogen (secondary N) is 1. The van der Waals surface area contributed by atoms with E-state index in [-0.39, 0.29) is 17.8 Å². The lowest BCUT2D eigenvalue weighted by Gasteiger charge is -2.38. The molecular weight excluding hydrogens is 274 g/mol. The fraction of sp³-hybridized carbons (Fsp3) is 0.500. The van der Waals surface area contributed by atoms with Crippen molar-refractivity contribution in [2.24, 2.45) is 0 Å². The molecule has 1 saturated heterocycles. The molecule has 2 atom stereocenters. The summed E-state index contributed by atoms with van der Waals surface area (Å²) >= 11 is 0. The minimum Gasteiger partial charge on any atom is -0.314 e. The molecule has 0 bridgehead atoms. The summed E-state index contributed by atoms with van der Waals surface area (Å²) in [4.78, 5) is 0. The topological polar surface area (TPSA) is 73.2 Å². The Hall–Kier alpha value is -1.42. The first-order valence-electron chi connectivity index (χ1n) is 6.65. The van der Waals surface area contributed by atoms with Crippen molar-refractivity contribution >= 4 is 10.0 Å². The van der Waals surface area contributed by atoms with E-state index >= 15 is 0 Å². The van der Waals surface area contributed by atoms with E-state index < -0.39 is 10.0 Å². The van der Waals surface area contributed by atoms with Crippen LogP contribution < -0.4 is 5.32 Å². The second-order valence-electron chi connectivity index (χ2n) is 5.25. The Morgan fingerprint density at radius 3 is 2.60 bits per heavy atom. The van der Waals surface area contributed by atoms with E-state index in [4.69, 9.17) is 5.26 Å². The Kier molecular flexibility index (Phi) is 4.43. The molecule has 0 spiro atoms. The first kappa shape index (κ1) is 15.0. The van der Waals surface area contributed by atoms with Crippen LogP contribution >= 0.6 is 0 Å². The van der Waals surface area contributed by atoms with Crippen LogP contribution in [0.15, 0.2) is 24.3 Å². The number of nitriles is 1. The summed E-state index contributed by atoms with van der Waals surface area (Å²) in [6.45, 7) is 5.15. The second-order valence-corrected chi connectivity index (χ2v) is 7.13. The summed E-state index contributed by atoms with van der Waals surface area (Å²) in [5.41, 5.74) is 1.14. The van der Waals surface area contributed by atoms with Crippen molar-refractivity contribution < 1.29 is 8.42 Å². The molecule has 2 rings (SSSR count). The average Bonchev–Trinajstić information content (AvgIpc) is 2.37. The van der Waals surface area contributed by atoms with Crippen LogP contribution in [0.1, 0.15) is 25.0 Å². The van der Waals surface area contributed by atoms with Gasteiger partial charge in [-0.25, -0.2) is 8.42 Å². The van der Waals surface area contributed by atoms with Crippen LogP contribution in [0.25, 0.3) is 0 Å². The monoisotopic (exact) mass is 293 g/mol. The van der Waals surface area contributed by atoms with Gasteiger partial charge in [0.25, 0.3) is 0 Å². The van der Waals surface area contributed by atoms with E-state index in [1.165, 1.54) is 0 Å². The quantitative estimate of drug-likeness (QED) is 0.905. The Labute approximate surface area is 120 Å². The third-order valence-electron chi connectivity index (χ3n) is 3.47. The zero-order valence-corrected chi connectivity index (χ0v) is 12.5. The predicted molar refractivity (Wildman–Crippen MR) is 77.4 cm³/mol. The fourth-order valence-electron chi connectivity index (χ4n) is 2.68. The molecule has 0 aromatic heterocycles. The van der Waals surface area contributed by atoms with Crippen LogP contribution in [0, 0.1) is 11.3 Å². The van der Waals surface area contributed by atoms with Crippen LogP contribution in [0.4, 0.5) is 0 Å². The van der Waals surface area contributed by atoms with Crippen LogP contribution in [0.2, 0.25) is 0 Å². The number of hydrogen-bond donors (Lipinski definition) is 1. The Bertz CT molecular complexity index is 612. The molecule has 1 aromatic rings. The van der Waals surface area contributed by atoms with Crippen molar-refractivity contribution in [1.82, 2.24) is 9.62 Å². The zero-order valence-electron chi connectivity index (χ0n) is 11.7. The van der Waals surface area contributed by atoms with Gasteiger partial charge < -0.3 is 5.32 Å². The molecule has 0 amide bonds. The smallest absolute Gasteiger partial charge is 0.218 e. The molecule has 5 nitrogen and oxygen atoms in total. The molecule has 20 heavy (non-hydrogen) atoms. The van der Waals surface area contributed by atoms with Crippen LogP contribution in [0.3, 0.4) is 0 Å². The van der Waals surface area contributed by atoms with E-state index in [1.807, 2.05) is 19.9 Å². The van der Waals surface area contributed by atoms with E-state index in [0.717, 1.165) is 0 Å². The third kappa shape index (κ3) is 3.18. The number of piperazine rings is 1. The molecule has 1 aliphatic rings. The summed E-state index contributed by atoms with van der Waals surface area (Å²) in [5, 5.41) is 12.1. The van der Waals surface area contributed by atoms with Crippen LogP contribution in [0.5, 0.6) is 0 Å². The van der Waals surface area contributed by atoms with Crippen molar-refractivity contribution in [3.8, 4) is 6.07 Å². The van der Waals surface area contributed by atoms with Crippen molar-refractivity contribution in [3.05, 3.63) is 35.4 Å². The summed E-state index contributed by atoms with van der Waals surface area (Å²) in [5.74, 6) is -0.0583. The molecule has 0 saturated carbocycles. The van der Waals surface area contributed by atoms with Gasteiger partial charge in [0.1, 0.15) is 0 Å². The number of rotatable bonds is 3. The largest absolute Gasteiger partial charge is 0.314 e. The van der Waals surface area contributed by atoms with Gasteiger partial charge in [-0.2, -0.15) is 9.57 Å². The number of hydrogen-bond acceptors (Lipinski definition) is 4. The highest BCUT2D eigenvalue weighted by Crippen LogP contribution is 2.19. The maximum absolute atomic E-state index is 12.6. The van der Waals surface area contributed by atoms with Crippen molar-refractivity contribution in [3.63, 3.8) is 0 Å². The third-order valence-corrected chi connectivity index (χ3v) is 5.54. The number of nitrogens with zero attached hydrogens (tertiary/aromatic N) is 2. The highest BCUT2D eigenvalue weighted by atomic mass is 32.2. The van der Waals surface area contributed by atoms with Crippen molar-refractivity contribution in [2.75, 3.05) is 13.1 Å². The normalized spacial score (nSPS) is 24.2. The van der Waals surface area contributed by atoms with Gasteiger partial charge in [0, 0.05) is 25.2 Å². The molecule has 1 N–H and O–H groups in total. The van der Waals surface area contributed by atoms with E-state index in [2.05, 4.69) is 5.32 Å². The molecule has 1 aliphatic heterocycles. The van der Waals surface area contributed by atoms with E-state index in [0.29, 0.717) is 24.2 Å². The molecule has 0 radical (unpaired) electrons. The SMILES string of the molecule is CC1CNCC(C)N1S(=O)(=O)Cc1cccc(C#N)c1. The van der Waals surface area contributed by atoms with E-state index in [1.54, 1.807) is 28.6 Å². The van der Waals surface area contributed by atoms with E-state index in [9.17, 15) is 8.42 Å². The molecule has 1 fully saturated rings. The Morgan fingerprint density at radius 2 is 2.00 bits per heavy atom. The van der Waals surface area contributed by atoms with Gasteiger partial charge in [0.05, 0.1) is 17.4 Å². The standard InChI is InChI=1S/C14H19N3O2S/c1-11-8-16-9-12(2)17(11)20(18,19)10-14-5-3-4-13(6-14)7-15/h3-6,11-12,16H,8-10H2,1-2H3. The minimum atomic E-state index is -3.38. The average molecular weight is 293 g/mol. The lowest BCUT2D eigenvalue weighted by molar-refractivity contribution is 0.219. The van der Waals surface area contributed by atoms with Gasteiger partial charge >= 0.3 is 0 Å². The molecule has 108 valence electrons. The molecule has 6 heteroatoms. The first-order chi connectivity index (χ1) is 9.44. The molecule has 0 aliphatic carbocycles. The minimum absolute atomic E-state index is 0.0529. The molecular formula is C14H19N3O2S. The van der Waals surface area contributed by atoms with Gasteiger partial charge in [-0.15, -0.1) is 0 Å². The summed E-state index contributed by atoms with van der Waals surface area (Å²) in [7, 11) is -3.38. The second kappa shape index (κ2) is 5.92. The lowest BCUT2D eigenvalue weighted by Crippen LogP contribution is -2.57. The summed E-state index contributed by atoms with van der Waals surface area (Å²) in [6.07, 6.45) is 0. The fourth-order valence-corrected chi connectivity index (χ4v) is 4.68. The van der Waals surface area contributed by atoms with Gasteiger partial charge in [-0.3, -0.25) is 0 Å². The lowest BCUT2D eigenvalue weighted by atomic mass is 10.2. The Balaban J connectivity index is 2.24. The highest BCUT2D eigenvalue weighted by molar-refractivity contribution is 7.88.